The van der Waals surface area contributed by atoms with E-state index in [1.807, 2.05) is 20.8 Å². The molecule has 3 heterocycles. The van der Waals surface area contributed by atoms with E-state index in [9.17, 15) is 25.0 Å². The molecule has 2 aliphatic rings. The molecule has 37 heavy (non-hydrogen) atoms. The lowest BCUT2D eigenvalue weighted by atomic mass is 9.71. The van der Waals surface area contributed by atoms with Gasteiger partial charge in [-0.2, -0.15) is 4.73 Å². The van der Waals surface area contributed by atoms with Crippen molar-refractivity contribution in [2.24, 2.45) is 17.3 Å². The van der Waals surface area contributed by atoms with Gasteiger partial charge in [0.15, 0.2) is 12.3 Å². The number of carbonyl (C=O) groups is 2. The molecule has 0 amide bonds. The number of hydrogen-bond acceptors (Lipinski definition) is 7. The highest BCUT2D eigenvalue weighted by molar-refractivity contribution is 5.88. The van der Waals surface area contributed by atoms with Crippen LogP contribution in [0.2, 0.25) is 0 Å². The number of fused-ring (bicyclic) bond motifs is 1. The highest BCUT2D eigenvalue weighted by atomic mass is 19.1. The zero-order valence-corrected chi connectivity index (χ0v) is 22.4. The maximum absolute atomic E-state index is 15.4. The summed E-state index contributed by atoms with van der Waals surface area (Å²) in [5.41, 5.74) is -1.82. The number of aromatic nitrogens is 1. The molecule has 2 fully saturated rings. The summed E-state index contributed by atoms with van der Waals surface area (Å²) in [6.07, 6.45) is 0.286. The second-order valence-electron chi connectivity index (χ2n) is 11.3. The van der Waals surface area contributed by atoms with Gasteiger partial charge in [0.1, 0.15) is 11.6 Å². The molecule has 1 aromatic heterocycles. The Morgan fingerprint density at radius 2 is 1.97 bits per heavy atom. The average Bonchev–Trinajstić information content (AvgIpc) is 3.48. The van der Waals surface area contributed by atoms with Crippen LogP contribution < -0.4 is 4.73 Å². The quantitative estimate of drug-likeness (QED) is 0.269. The zero-order valence-electron chi connectivity index (χ0n) is 22.4. The number of cyclic esters (lactones) is 1. The molecule has 0 spiro atoms. The second kappa shape index (κ2) is 11.6. The normalized spacial score (nSPS) is 35.9. The minimum atomic E-state index is -1.40. The van der Waals surface area contributed by atoms with Crippen molar-refractivity contribution in [1.29, 1.82) is 0 Å². The molecule has 7 unspecified atom stereocenters. The first-order valence-electron chi connectivity index (χ1n) is 13.1. The Kier molecular flexibility index (Phi) is 9.14. The maximum Gasteiger partial charge on any atom is 0.309 e. The van der Waals surface area contributed by atoms with Crippen molar-refractivity contribution in [3.63, 3.8) is 0 Å². The van der Waals surface area contributed by atoms with Gasteiger partial charge in [0.25, 0.3) is 0 Å². The van der Waals surface area contributed by atoms with Gasteiger partial charge in [0.2, 0.25) is 5.69 Å². The van der Waals surface area contributed by atoms with E-state index in [-0.39, 0.29) is 29.9 Å². The number of ether oxygens (including phenoxy) is 2. The molecule has 0 aliphatic carbocycles. The number of nitrogens with zero attached hydrogens (tertiary/aromatic N) is 1. The Bertz CT molecular complexity index is 1010. The molecule has 9 heteroatoms. The van der Waals surface area contributed by atoms with Gasteiger partial charge in [-0.3, -0.25) is 9.59 Å². The molecule has 2 N–H and O–H groups in total. The smallest absolute Gasteiger partial charge is 0.309 e. The van der Waals surface area contributed by atoms with Crippen molar-refractivity contribution in [3.05, 3.63) is 41.1 Å². The lowest BCUT2D eigenvalue weighted by Crippen LogP contribution is -2.46. The van der Waals surface area contributed by atoms with Crippen molar-refractivity contribution >= 4 is 17.8 Å². The molecule has 0 saturated carbocycles. The first-order valence-corrected chi connectivity index (χ1v) is 13.1. The molecule has 2 aliphatic heterocycles. The lowest BCUT2D eigenvalue weighted by Gasteiger charge is -2.35. The monoisotopic (exact) mass is 521 g/mol. The number of halogens is 1. The highest BCUT2D eigenvalue weighted by Crippen LogP contribution is 2.45. The molecule has 7 atom stereocenters. The lowest BCUT2D eigenvalue weighted by molar-refractivity contribution is -0.607. The van der Waals surface area contributed by atoms with Gasteiger partial charge < -0.3 is 24.9 Å². The number of rotatable bonds is 3. The van der Waals surface area contributed by atoms with Crippen molar-refractivity contribution in [3.8, 4) is 0 Å². The van der Waals surface area contributed by atoms with Crippen LogP contribution in [0.15, 0.2) is 30.2 Å². The van der Waals surface area contributed by atoms with Crippen molar-refractivity contribution in [2.75, 3.05) is 0 Å². The van der Waals surface area contributed by atoms with Gasteiger partial charge in [-0.05, 0) is 38.2 Å². The molecule has 3 rings (SSSR count). The summed E-state index contributed by atoms with van der Waals surface area (Å²) in [5, 5.41) is 33.8. The van der Waals surface area contributed by atoms with Crippen molar-refractivity contribution in [1.82, 2.24) is 0 Å². The number of carbonyl (C=O) groups excluding carboxylic acids is 2. The van der Waals surface area contributed by atoms with Gasteiger partial charge in [0, 0.05) is 30.5 Å². The fourth-order valence-electron chi connectivity index (χ4n) is 5.19. The minimum Gasteiger partial charge on any atom is -0.618 e. The number of aliphatic hydroxyl groups is 2. The fraction of sp³-hybridized carbons (Fsp3) is 0.679. The summed E-state index contributed by atoms with van der Waals surface area (Å²) in [4.78, 5) is 26.2. The number of aliphatic hydroxyl groups excluding tert-OH is 2. The molecule has 0 aromatic carbocycles. The average molecular weight is 522 g/mol. The number of ketones is 1. The van der Waals surface area contributed by atoms with E-state index in [1.54, 1.807) is 19.9 Å². The predicted molar refractivity (Wildman–Crippen MR) is 134 cm³/mol. The largest absolute Gasteiger partial charge is 0.618 e. The first-order chi connectivity index (χ1) is 17.3. The van der Waals surface area contributed by atoms with Gasteiger partial charge >= 0.3 is 5.97 Å². The number of esters is 1. The maximum atomic E-state index is 15.4. The van der Waals surface area contributed by atoms with Crippen LogP contribution in [0.3, 0.4) is 0 Å². The number of epoxide rings is 1. The fourth-order valence-corrected chi connectivity index (χ4v) is 5.19. The van der Waals surface area contributed by atoms with Gasteiger partial charge in [-0.15, -0.1) is 0 Å². The van der Waals surface area contributed by atoms with Crippen LogP contribution in [0.25, 0.3) is 6.08 Å². The Balaban J connectivity index is 1.89. The SMILES string of the molecule is CCC1C(=O)C(C)(C)C(O)CC(=O)OC(C(F)=Cc2cccc[n+]2[O-])CC2OC2(C)CCCC(C)C1O. The highest BCUT2D eigenvalue weighted by Gasteiger charge is 2.53. The second-order valence-corrected chi connectivity index (χ2v) is 11.3. The van der Waals surface area contributed by atoms with Crippen LogP contribution in [-0.4, -0.2) is 52.0 Å². The molecule has 0 radical (unpaired) electrons. The predicted octanol–water partition coefficient (Wildman–Crippen LogP) is 3.64. The summed E-state index contributed by atoms with van der Waals surface area (Å²) >= 11 is 0. The number of pyridine rings is 1. The molecule has 206 valence electrons. The van der Waals surface area contributed by atoms with E-state index in [1.165, 1.54) is 18.3 Å². The molecule has 2 saturated heterocycles. The third-order valence-electron chi connectivity index (χ3n) is 8.12. The van der Waals surface area contributed by atoms with Gasteiger partial charge in [-0.25, -0.2) is 4.39 Å². The van der Waals surface area contributed by atoms with Gasteiger partial charge in [0.05, 0.1) is 35.7 Å². The molecule has 8 nitrogen and oxygen atoms in total. The Morgan fingerprint density at radius 3 is 2.62 bits per heavy atom. The van der Waals surface area contributed by atoms with E-state index in [4.69, 9.17) is 9.47 Å². The topological polar surface area (TPSA) is 123 Å². The molecular weight excluding hydrogens is 481 g/mol. The van der Waals surface area contributed by atoms with E-state index < -0.39 is 53.5 Å². The molecular formula is C28H40FNO7. The van der Waals surface area contributed by atoms with E-state index in [0.29, 0.717) is 24.0 Å². The van der Waals surface area contributed by atoms with Crippen LogP contribution >= 0.6 is 0 Å². The van der Waals surface area contributed by atoms with Crippen LogP contribution in [0.4, 0.5) is 4.39 Å². The molecule has 0 bridgehead atoms. The van der Waals surface area contributed by atoms with Gasteiger partial charge in [-0.1, -0.05) is 34.1 Å². The van der Waals surface area contributed by atoms with E-state index in [0.717, 1.165) is 12.5 Å². The zero-order chi connectivity index (χ0) is 27.5. The standard InChI is InChI=1S/C28H40FNO7/c1-6-19-25(33)17(2)10-9-12-28(5)23(37-28)15-21(20(29)14-18-11-7-8-13-30(18)35)36-24(32)16-22(31)27(3,4)26(19)34/h7-8,11,13-14,17,19,21-23,25,31,33H,6,9-10,12,15-16H2,1-5H3. The summed E-state index contributed by atoms with van der Waals surface area (Å²) in [5.74, 6) is -2.86. The summed E-state index contributed by atoms with van der Waals surface area (Å²) in [6.45, 7) is 8.71. The van der Waals surface area contributed by atoms with E-state index >= 15 is 4.39 Å². The summed E-state index contributed by atoms with van der Waals surface area (Å²) < 4.78 is 27.2. The number of hydrogen-bond donors (Lipinski definition) is 2. The Labute approximate surface area is 218 Å². The number of Topliss-reactive ketones (excluding diaryl/α,β-unsaturated/α-hetero) is 1. The third kappa shape index (κ3) is 6.75. The van der Waals surface area contributed by atoms with E-state index in [2.05, 4.69) is 0 Å². The van der Waals surface area contributed by atoms with Crippen LogP contribution in [0.1, 0.15) is 78.8 Å². The van der Waals surface area contributed by atoms with Crippen LogP contribution in [0, 0.1) is 22.5 Å². The van der Waals surface area contributed by atoms with Crippen molar-refractivity contribution in [2.45, 2.75) is 103 Å². The van der Waals surface area contributed by atoms with Crippen LogP contribution in [-0.2, 0) is 19.1 Å². The summed E-state index contributed by atoms with van der Waals surface area (Å²) in [6, 6.07) is 4.56. The third-order valence-corrected chi connectivity index (χ3v) is 8.12. The summed E-state index contributed by atoms with van der Waals surface area (Å²) in [7, 11) is 0. The Hall–Kier alpha value is -2.36. The van der Waals surface area contributed by atoms with Crippen LogP contribution in [0.5, 0.6) is 0 Å². The minimum absolute atomic E-state index is 0.0464. The van der Waals surface area contributed by atoms with Crippen molar-refractivity contribution < 1.29 is 38.4 Å². The molecule has 1 aromatic rings. The first kappa shape index (κ1) is 29.2. The Morgan fingerprint density at radius 1 is 1.27 bits per heavy atom.